The molecule has 0 aliphatic rings. The molecule has 0 saturated heterocycles. The number of benzene rings is 1. The van der Waals surface area contributed by atoms with Crippen LogP contribution >= 0.6 is 0 Å². The number of hydrogen-bond donors (Lipinski definition) is 1. The van der Waals surface area contributed by atoms with Gasteiger partial charge >= 0.3 is 0 Å². The Labute approximate surface area is 99.8 Å². The van der Waals surface area contributed by atoms with Crippen LogP contribution in [0.15, 0.2) is 35.4 Å². The van der Waals surface area contributed by atoms with Crippen LogP contribution in [0.5, 0.6) is 0 Å². The fourth-order valence-corrected chi connectivity index (χ4v) is 2.29. The van der Waals surface area contributed by atoms with E-state index in [9.17, 15) is 8.42 Å². The summed E-state index contributed by atoms with van der Waals surface area (Å²) in [5.74, 6) is 0.387. The molecule has 1 aromatic carbocycles. The normalized spacial score (nSPS) is 11.6. The van der Waals surface area contributed by atoms with Gasteiger partial charge in [0.15, 0.2) is 15.7 Å². The quantitative estimate of drug-likeness (QED) is 0.866. The van der Waals surface area contributed by atoms with Crippen LogP contribution in [0.3, 0.4) is 0 Å². The molecule has 0 aliphatic heterocycles. The molecule has 0 unspecified atom stereocenters. The summed E-state index contributed by atoms with van der Waals surface area (Å²) >= 11 is 0. The van der Waals surface area contributed by atoms with E-state index in [1.807, 2.05) is 6.07 Å². The minimum absolute atomic E-state index is 0.276. The smallest absolute Gasteiger partial charge is 0.175 e. The Hall–Kier alpha value is -1.82. The van der Waals surface area contributed by atoms with Gasteiger partial charge in [0.2, 0.25) is 0 Å². The average molecular weight is 251 g/mol. The van der Waals surface area contributed by atoms with Crippen LogP contribution in [0.4, 0.5) is 5.82 Å². The van der Waals surface area contributed by atoms with E-state index in [-0.39, 0.29) is 4.90 Å². The summed E-state index contributed by atoms with van der Waals surface area (Å²) in [6.07, 6.45) is 2.94. The van der Waals surface area contributed by atoms with Crippen molar-refractivity contribution < 1.29 is 8.42 Å². The van der Waals surface area contributed by atoms with Crippen molar-refractivity contribution in [1.29, 1.82) is 0 Å². The molecule has 0 atom stereocenters. The minimum Gasteiger partial charge on any atom is -0.382 e. The Balaban J connectivity index is 2.58. The van der Waals surface area contributed by atoms with E-state index in [4.69, 9.17) is 5.73 Å². The van der Waals surface area contributed by atoms with Crippen molar-refractivity contribution in [1.82, 2.24) is 9.78 Å². The average Bonchev–Trinajstić information content (AvgIpc) is 2.57. The Morgan fingerprint density at radius 2 is 2.06 bits per heavy atom. The van der Waals surface area contributed by atoms with E-state index in [0.717, 1.165) is 11.1 Å². The summed E-state index contributed by atoms with van der Waals surface area (Å²) in [4.78, 5) is 0.276. The van der Waals surface area contributed by atoms with E-state index in [2.05, 4.69) is 5.10 Å². The molecule has 0 fully saturated rings. The van der Waals surface area contributed by atoms with Crippen LogP contribution in [-0.2, 0) is 16.9 Å². The number of hydrogen-bond acceptors (Lipinski definition) is 4. The first kappa shape index (κ1) is 11.7. The molecule has 0 bridgehead atoms. The highest BCUT2D eigenvalue weighted by molar-refractivity contribution is 7.90. The molecule has 6 heteroatoms. The van der Waals surface area contributed by atoms with Gasteiger partial charge in [-0.2, -0.15) is 5.10 Å². The van der Waals surface area contributed by atoms with Gasteiger partial charge in [-0.1, -0.05) is 12.1 Å². The van der Waals surface area contributed by atoms with Crippen molar-refractivity contribution in [3.63, 3.8) is 0 Å². The third-order valence-electron chi connectivity index (χ3n) is 2.43. The molecule has 17 heavy (non-hydrogen) atoms. The number of nitrogens with zero attached hydrogens (tertiary/aromatic N) is 2. The predicted molar refractivity (Wildman–Crippen MR) is 66.2 cm³/mol. The standard InChI is InChI=1S/C11H13N3O2S/c1-14-7-10(11(12)13-14)8-4-3-5-9(6-8)17(2,15)16/h3-7H,1-2H3,(H2,12,13). The summed E-state index contributed by atoms with van der Waals surface area (Å²) < 4.78 is 24.5. The lowest BCUT2D eigenvalue weighted by molar-refractivity contribution is 0.602. The summed E-state index contributed by atoms with van der Waals surface area (Å²) in [6, 6.07) is 6.66. The van der Waals surface area contributed by atoms with Gasteiger partial charge in [-0.15, -0.1) is 0 Å². The molecule has 90 valence electrons. The predicted octanol–water partition coefficient (Wildman–Crippen LogP) is 1.07. The molecule has 0 amide bonds. The highest BCUT2D eigenvalue weighted by Crippen LogP contribution is 2.26. The maximum atomic E-state index is 11.5. The lowest BCUT2D eigenvalue weighted by Crippen LogP contribution is -1.97. The van der Waals surface area contributed by atoms with Gasteiger partial charge in [0.05, 0.1) is 4.90 Å². The van der Waals surface area contributed by atoms with Gasteiger partial charge in [-0.05, 0) is 17.7 Å². The number of nitrogens with two attached hydrogens (primary N) is 1. The molecule has 1 heterocycles. The SMILES string of the molecule is Cn1cc(-c2cccc(S(C)(=O)=O)c2)c(N)n1. The zero-order chi connectivity index (χ0) is 12.6. The van der Waals surface area contributed by atoms with Gasteiger partial charge in [0.1, 0.15) is 0 Å². The first-order valence-corrected chi connectivity index (χ1v) is 6.86. The Kier molecular flexibility index (Phi) is 2.66. The number of aromatic nitrogens is 2. The molecule has 0 spiro atoms. The van der Waals surface area contributed by atoms with Crippen LogP contribution in [0.1, 0.15) is 0 Å². The summed E-state index contributed by atoms with van der Waals surface area (Å²) in [5, 5.41) is 4.02. The fourth-order valence-electron chi connectivity index (χ4n) is 1.62. The molecule has 2 N–H and O–H groups in total. The van der Waals surface area contributed by atoms with Crippen molar-refractivity contribution in [3.8, 4) is 11.1 Å². The Morgan fingerprint density at radius 3 is 2.59 bits per heavy atom. The second-order valence-corrected chi connectivity index (χ2v) is 5.92. The van der Waals surface area contributed by atoms with Gasteiger partial charge in [0.25, 0.3) is 0 Å². The lowest BCUT2D eigenvalue weighted by atomic mass is 10.1. The monoisotopic (exact) mass is 251 g/mol. The first-order valence-electron chi connectivity index (χ1n) is 4.97. The van der Waals surface area contributed by atoms with Crippen LogP contribution in [-0.4, -0.2) is 24.5 Å². The minimum atomic E-state index is -3.21. The van der Waals surface area contributed by atoms with E-state index in [1.54, 1.807) is 36.1 Å². The van der Waals surface area contributed by atoms with E-state index < -0.39 is 9.84 Å². The highest BCUT2D eigenvalue weighted by atomic mass is 32.2. The Bertz CT molecular complexity index is 659. The molecule has 0 saturated carbocycles. The van der Waals surface area contributed by atoms with Crippen molar-refractivity contribution in [3.05, 3.63) is 30.5 Å². The third-order valence-corrected chi connectivity index (χ3v) is 3.54. The zero-order valence-electron chi connectivity index (χ0n) is 9.58. The lowest BCUT2D eigenvalue weighted by Gasteiger charge is -2.02. The van der Waals surface area contributed by atoms with E-state index in [0.29, 0.717) is 5.82 Å². The van der Waals surface area contributed by atoms with Crippen LogP contribution in [0, 0.1) is 0 Å². The van der Waals surface area contributed by atoms with Crippen LogP contribution in [0.2, 0.25) is 0 Å². The summed E-state index contributed by atoms with van der Waals surface area (Å²) in [5.41, 5.74) is 7.23. The molecule has 0 aliphatic carbocycles. The maximum absolute atomic E-state index is 11.5. The molecular weight excluding hydrogens is 238 g/mol. The van der Waals surface area contributed by atoms with Crippen LogP contribution in [0.25, 0.3) is 11.1 Å². The van der Waals surface area contributed by atoms with Crippen molar-refractivity contribution in [2.24, 2.45) is 7.05 Å². The molecule has 5 nitrogen and oxygen atoms in total. The third kappa shape index (κ3) is 2.31. The molecule has 1 aromatic heterocycles. The van der Waals surface area contributed by atoms with Crippen molar-refractivity contribution >= 4 is 15.7 Å². The Morgan fingerprint density at radius 1 is 1.35 bits per heavy atom. The number of aryl methyl sites for hydroxylation is 1. The number of sulfone groups is 1. The highest BCUT2D eigenvalue weighted by Gasteiger charge is 2.11. The van der Waals surface area contributed by atoms with Crippen molar-refractivity contribution in [2.45, 2.75) is 4.90 Å². The largest absolute Gasteiger partial charge is 0.382 e. The van der Waals surface area contributed by atoms with E-state index in [1.165, 1.54) is 6.26 Å². The second kappa shape index (κ2) is 3.89. The van der Waals surface area contributed by atoms with Gasteiger partial charge in [-0.3, -0.25) is 4.68 Å². The maximum Gasteiger partial charge on any atom is 0.175 e. The van der Waals surface area contributed by atoms with Crippen LogP contribution < -0.4 is 5.73 Å². The van der Waals surface area contributed by atoms with Gasteiger partial charge in [0, 0.05) is 25.1 Å². The van der Waals surface area contributed by atoms with E-state index >= 15 is 0 Å². The topological polar surface area (TPSA) is 78.0 Å². The molecule has 2 aromatic rings. The van der Waals surface area contributed by atoms with Gasteiger partial charge < -0.3 is 5.73 Å². The number of nitrogen functional groups attached to an aromatic ring is 1. The number of rotatable bonds is 2. The van der Waals surface area contributed by atoms with Crippen molar-refractivity contribution in [2.75, 3.05) is 12.0 Å². The fraction of sp³-hybridized carbons (Fsp3) is 0.182. The zero-order valence-corrected chi connectivity index (χ0v) is 10.4. The summed E-state index contributed by atoms with van der Waals surface area (Å²) in [6.45, 7) is 0. The summed E-state index contributed by atoms with van der Waals surface area (Å²) in [7, 11) is -1.44. The van der Waals surface area contributed by atoms with Gasteiger partial charge in [-0.25, -0.2) is 8.42 Å². The molecule has 0 radical (unpaired) electrons. The number of anilines is 1. The molecular formula is C11H13N3O2S. The first-order chi connectivity index (χ1) is 7.88. The second-order valence-electron chi connectivity index (χ2n) is 3.90. The molecule has 2 rings (SSSR count).